The molecule has 0 unspecified atom stereocenters. The summed E-state index contributed by atoms with van der Waals surface area (Å²) in [7, 11) is 0. The van der Waals surface area contributed by atoms with Crippen molar-refractivity contribution in [2.75, 3.05) is 6.61 Å². The minimum absolute atomic E-state index is 0.114. The lowest BCUT2D eigenvalue weighted by Gasteiger charge is -2.29. The van der Waals surface area contributed by atoms with Gasteiger partial charge in [0.25, 0.3) is 0 Å². The first-order valence-electron chi connectivity index (χ1n) is 5.22. The number of carboxylic acids is 1. The normalized spacial score (nSPS) is 13.4. The van der Waals surface area contributed by atoms with Crippen LogP contribution in [0.4, 0.5) is 0 Å². The fourth-order valence-electron chi connectivity index (χ4n) is 1.47. The van der Waals surface area contributed by atoms with Gasteiger partial charge >= 0.3 is 5.97 Å². The van der Waals surface area contributed by atoms with Gasteiger partial charge in [-0.2, -0.15) is 0 Å². The van der Waals surface area contributed by atoms with Crippen LogP contribution >= 0.6 is 0 Å². The minimum Gasteiger partial charge on any atom is -0.507 e. The molecular weight excluding hydrogens is 222 g/mol. The molecule has 1 aromatic carbocycles. The fourth-order valence-corrected chi connectivity index (χ4v) is 1.47. The highest BCUT2D eigenvalue weighted by molar-refractivity contribution is 5.90. The molecule has 0 bridgehead atoms. The molecule has 0 spiro atoms. The van der Waals surface area contributed by atoms with Gasteiger partial charge in [-0.05, 0) is 17.7 Å². The van der Waals surface area contributed by atoms with Crippen molar-refractivity contribution in [1.29, 1.82) is 0 Å². The molecule has 0 aliphatic heterocycles. The Morgan fingerprint density at radius 2 is 2.06 bits per heavy atom. The van der Waals surface area contributed by atoms with Crippen LogP contribution < -0.4 is 5.73 Å². The number of aliphatic hydroxyl groups is 1. The van der Waals surface area contributed by atoms with Crippen LogP contribution in [0.5, 0.6) is 5.75 Å². The zero-order chi connectivity index (χ0) is 13.2. The topological polar surface area (TPSA) is 104 Å². The predicted octanol–water partition coefficient (Wildman–Crippen LogP) is 1.11. The van der Waals surface area contributed by atoms with Crippen LogP contribution in [0, 0.1) is 5.41 Å². The van der Waals surface area contributed by atoms with Crippen molar-refractivity contribution in [2.45, 2.75) is 19.9 Å². The van der Waals surface area contributed by atoms with Gasteiger partial charge in [0.2, 0.25) is 0 Å². The first kappa shape index (κ1) is 13.5. The molecule has 94 valence electrons. The Morgan fingerprint density at radius 1 is 1.47 bits per heavy atom. The lowest BCUT2D eigenvalue weighted by Crippen LogP contribution is -2.32. The Morgan fingerprint density at radius 3 is 2.53 bits per heavy atom. The molecular formula is C12H17NO4. The number of aromatic hydroxyl groups is 1. The van der Waals surface area contributed by atoms with E-state index in [1.165, 1.54) is 12.1 Å². The predicted molar refractivity (Wildman–Crippen MR) is 62.9 cm³/mol. The van der Waals surface area contributed by atoms with Crippen LogP contribution in [-0.2, 0) is 0 Å². The van der Waals surface area contributed by atoms with Crippen LogP contribution in [0.25, 0.3) is 0 Å². The van der Waals surface area contributed by atoms with E-state index in [2.05, 4.69) is 0 Å². The van der Waals surface area contributed by atoms with E-state index in [1.54, 1.807) is 19.9 Å². The maximum absolute atomic E-state index is 10.9. The summed E-state index contributed by atoms with van der Waals surface area (Å²) in [5.41, 5.74) is 5.79. The Hall–Kier alpha value is -1.59. The molecule has 0 saturated carbocycles. The van der Waals surface area contributed by atoms with Gasteiger partial charge in [-0.25, -0.2) is 4.79 Å². The van der Waals surface area contributed by atoms with E-state index in [1.807, 2.05) is 0 Å². The highest BCUT2D eigenvalue weighted by atomic mass is 16.4. The van der Waals surface area contributed by atoms with Crippen LogP contribution in [-0.4, -0.2) is 27.9 Å². The van der Waals surface area contributed by atoms with Crippen LogP contribution in [0.2, 0.25) is 0 Å². The molecule has 1 rings (SSSR count). The molecule has 0 amide bonds. The molecule has 0 aliphatic carbocycles. The molecule has 0 radical (unpaired) electrons. The summed E-state index contributed by atoms with van der Waals surface area (Å²) in [5.74, 6) is -1.51. The maximum Gasteiger partial charge on any atom is 0.339 e. The van der Waals surface area contributed by atoms with Gasteiger partial charge in [-0.1, -0.05) is 19.9 Å². The zero-order valence-electron chi connectivity index (χ0n) is 9.84. The van der Waals surface area contributed by atoms with E-state index in [9.17, 15) is 15.0 Å². The lowest BCUT2D eigenvalue weighted by molar-refractivity contribution is 0.0693. The van der Waals surface area contributed by atoms with Crippen LogP contribution in [0.1, 0.15) is 35.8 Å². The highest BCUT2D eigenvalue weighted by Crippen LogP contribution is 2.32. The highest BCUT2D eigenvalue weighted by Gasteiger charge is 2.27. The third-order valence-corrected chi connectivity index (χ3v) is 2.86. The average Bonchev–Trinajstić information content (AvgIpc) is 2.28. The van der Waals surface area contributed by atoms with Crippen molar-refractivity contribution in [2.24, 2.45) is 11.1 Å². The SMILES string of the molecule is CC(C)(CO)[C@H](N)c1ccc(O)c(C(=O)O)c1. The Kier molecular flexibility index (Phi) is 3.75. The first-order chi connectivity index (χ1) is 7.79. The van der Waals surface area contributed by atoms with E-state index in [4.69, 9.17) is 10.8 Å². The summed E-state index contributed by atoms with van der Waals surface area (Å²) in [6.45, 7) is 3.45. The average molecular weight is 239 g/mol. The Bertz CT molecular complexity index is 429. The number of carbonyl (C=O) groups is 1. The third-order valence-electron chi connectivity index (χ3n) is 2.86. The molecule has 5 nitrogen and oxygen atoms in total. The van der Waals surface area contributed by atoms with Gasteiger partial charge in [0.05, 0.1) is 0 Å². The second kappa shape index (κ2) is 4.73. The summed E-state index contributed by atoms with van der Waals surface area (Å²) in [6, 6.07) is 3.68. The quantitative estimate of drug-likeness (QED) is 0.630. The molecule has 0 heterocycles. The van der Waals surface area contributed by atoms with Gasteiger partial charge in [-0.3, -0.25) is 0 Å². The van der Waals surface area contributed by atoms with Crippen molar-refractivity contribution < 1.29 is 20.1 Å². The molecule has 0 fully saturated rings. The molecule has 1 atom stereocenters. The molecule has 5 N–H and O–H groups in total. The van der Waals surface area contributed by atoms with E-state index in [0.29, 0.717) is 5.56 Å². The van der Waals surface area contributed by atoms with Crippen molar-refractivity contribution >= 4 is 5.97 Å². The number of aromatic carboxylic acids is 1. The number of benzene rings is 1. The minimum atomic E-state index is -1.21. The van der Waals surface area contributed by atoms with Crippen molar-refractivity contribution in [3.63, 3.8) is 0 Å². The molecule has 0 aliphatic rings. The standard InChI is InChI=1S/C12H17NO4/c1-12(2,6-14)10(13)7-3-4-9(15)8(5-7)11(16)17/h3-5,10,14-15H,6,13H2,1-2H3,(H,16,17)/t10-/m1/s1. The summed E-state index contributed by atoms with van der Waals surface area (Å²) >= 11 is 0. The molecule has 0 aromatic heterocycles. The number of phenols is 1. The third kappa shape index (κ3) is 2.75. The number of carboxylic acid groups (broad SMARTS) is 1. The van der Waals surface area contributed by atoms with Crippen molar-refractivity contribution in [1.82, 2.24) is 0 Å². The van der Waals surface area contributed by atoms with Gasteiger partial charge < -0.3 is 21.1 Å². The van der Waals surface area contributed by atoms with Gasteiger partial charge in [0, 0.05) is 18.1 Å². The smallest absolute Gasteiger partial charge is 0.339 e. The number of hydrogen-bond acceptors (Lipinski definition) is 4. The monoisotopic (exact) mass is 239 g/mol. The number of hydrogen-bond donors (Lipinski definition) is 4. The summed E-state index contributed by atoms with van der Waals surface area (Å²) < 4.78 is 0. The van der Waals surface area contributed by atoms with E-state index < -0.39 is 17.4 Å². The largest absolute Gasteiger partial charge is 0.507 e. The Labute approximate surface area is 99.5 Å². The number of rotatable bonds is 4. The van der Waals surface area contributed by atoms with Gasteiger partial charge in [0.1, 0.15) is 11.3 Å². The molecule has 1 aromatic rings. The maximum atomic E-state index is 10.9. The van der Waals surface area contributed by atoms with Gasteiger partial charge in [-0.15, -0.1) is 0 Å². The summed E-state index contributed by atoms with van der Waals surface area (Å²) in [5, 5.41) is 27.5. The van der Waals surface area contributed by atoms with Crippen molar-refractivity contribution in [3.05, 3.63) is 29.3 Å². The number of nitrogens with two attached hydrogens (primary N) is 1. The van der Waals surface area contributed by atoms with E-state index >= 15 is 0 Å². The van der Waals surface area contributed by atoms with Crippen molar-refractivity contribution in [3.8, 4) is 5.75 Å². The van der Waals surface area contributed by atoms with E-state index in [0.717, 1.165) is 0 Å². The molecule has 0 saturated heterocycles. The zero-order valence-corrected chi connectivity index (χ0v) is 9.84. The molecule has 17 heavy (non-hydrogen) atoms. The first-order valence-corrected chi connectivity index (χ1v) is 5.22. The second-order valence-corrected chi connectivity index (χ2v) is 4.71. The fraction of sp³-hybridized carbons (Fsp3) is 0.417. The van der Waals surface area contributed by atoms with Crippen LogP contribution in [0.3, 0.4) is 0 Å². The lowest BCUT2D eigenvalue weighted by atomic mass is 9.81. The van der Waals surface area contributed by atoms with Gasteiger partial charge in [0.15, 0.2) is 0 Å². The summed E-state index contributed by atoms with van der Waals surface area (Å²) in [6.07, 6.45) is 0. The van der Waals surface area contributed by atoms with Crippen LogP contribution in [0.15, 0.2) is 18.2 Å². The Balaban J connectivity index is 3.16. The molecule has 5 heteroatoms. The summed E-state index contributed by atoms with van der Waals surface area (Å²) in [4.78, 5) is 10.9. The number of aliphatic hydroxyl groups excluding tert-OH is 1. The van der Waals surface area contributed by atoms with E-state index in [-0.39, 0.29) is 17.9 Å². The second-order valence-electron chi connectivity index (χ2n) is 4.71.